The highest BCUT2D eigenvalue weighted by molar-refractivity contribution is 5.94. The minimum absolute atomic E-state index is 0.106. The number of carbonyl (C=O) groups excluding carboxylic acids is 1. The molecule has 25 heavy (non-hydrogen) atoms. The third-order valence-electron chi connectivity index (χ3n) is 3.99. The smallest absolute Gasteiger partial charge is 0.293 e. The fourth-order valence-electron chi connectivity index (χ4n) is 2.72. The number of ether oxygens (including phenoxy) is 2. The van der Waals surface area contributed by atoms with Gasteiger partial charge in [0.25, 0.3) is 5.69 Å². The van der Waals surface area contributed by atoms with E-state index in [1.54, 1.807) is 6.07 Å². The van der Waals surface area contributed by atoms with Crippen LogP contribution in [-0.2, 0) is 6.54 Å². The summed E-state index contributed by atoms with van der Waals surface area (Å²) in [6.45, 7) is 3.09. The molecule has 0 aromatic heterocycles. The molecule has 1 aliphatic rings. The summed E-state index contributed by atoms with van der Waals surface area (Å²) >= 11 is 0. The molecule has 3 rings (SSSR count). The van der Waals surface area contributed by atoms with Gasteiger partial charge >= 0.3 is 0 Å². The molecule has 0 radical (unpaired) electrons. The number of hydrogen-bond acceptors (Lipinski definition) is 6. The lowest BCUT2D eigenvalue weighted by Gasteiger charge is -2.23. The van der Waals surface area contributed by atoms with Gasteiger partial charge in [0.05, 0.1) is 4.92 Å². The summed E-state index contributed by atoms with van der Waals surface area (Å²) in [5.74, 6) is 0.643. The largest absolute Gasteiger partial charge is 0.454 e. The Morgan fingerprint density at radius 2 is 2.00 bits per heavy atom. The molecule has 0 atom stereocenters. The van der Waals surface area contributed by atoms with Gasteiger partial charge in [-0.25, -0.2) is 0 Å². The Labute approximate surface area is 143 Å². The number of nitrogens with two attached hydrogens (primary N) is 1. The minimum atomic E-state index is -0.700. The predicted molar refractivity (Wildman–Crippen MR) is 90.9 cm³/mol. The van der Waals surface area contributed by atoms with Crippen LogP contribution in [0.4, 0.5) is 11.4 Å². The maximum Gasteiger partial charge on any atom is 0.293 e. The number of carbonyl (C=O) groups is 1. The van der Waals surface area contributed by atoms with Crippen molar-refractivity contribution in [1.29, 1.82) is 0 Å². The molecule has 0 saturated carbocycles. The Morgan fingerprint density at radius 1 is 1.24 bits per heavy atom. The van der Waals surface area contributed by atoms with Crippen molar-refractivity contribution >= 4 is 17.3 Å². The van der Waals surface area contributed by atoms with Gasteiger partial charge in [0.15, 0.2) is 11.5 Å². The first-order chi connectivity index (χ1) is 12.0. The number of amides is 1. The maximum atomic E-state index is 11.4. The Hall–Kier alpha value is -3.29. The second kappa shape index (κ2) is 6.68. The Kier molecular flexibility index (Phi) is 4.42. The van der Waals surface area contributed by atoms with E-state index in [0.29, 0.717) is 30.3 Å². The molecule has 0 fully saturated rings. The number of hydrogen-bond donors (Lipinski definition) is 1. The first kappa shape index (κ1) is 16.6. The lowest BCUT2D eigenvalue weighted by molar-refractivity contribution is -0.384. The van der Waals surface area contributed by atoms with E-state index in [4.69, 9.17) is 15.2 Å². The van der Waals surface area contributed by atoms with Gasteiger partial charge in [-0.3, -0.25) is 14.9 Å². The van der Waals surface area contributed by atoms with Crippen LogP contribution in [-0.4, -0.2) is 24.2 Å². The quantitative estimate of drug-likeness (QED) is 0.637. The van der Waals surface area contributed by atoms with Gasteiger partial charge in [-0.2, -0.15) is 0 Å². The Morgan fingerprint density at radius 3 is 2.68 bits per heavy atom. The van der Waals surface area contributed by atoms with Crippen molar-refractivity contribution in [2.45, 2.75) is 13.5 Å². The highest BCUT2D eigenvalue weighted by Crippen LogP contribution is 2.34. The van der Waals surface area contributed by atoms with Gasteiger partial charge in [-0.1, -0.05) is 6.07 Å². The number of benzene rings is 2. The second-order valence-electron chi connectivity index (χ2n) is 5.53. The van der Waals surface area contributed by atoms with Crippen molar-refractivity contribution < 1.29 is 19.2 Å². The molecule has 1 amide bonds. The maximum absolute atomic E-state index is 11.4. The van der Waals surface area contributed by atoms with E-state index in [1.807, 2.05) is 30.0 Å². The summed E-state index contributed by atoms with van der Waals surface area (Å²) in [7, 11) is 0. The van der Waals surface area contributed by atoms with Crippen molar-refractivity contribution in [1.82, 2.24) is 0 Å². The topological polar surface area (TPSA) is 108 Å². The van der Waals surface area contributed by atoms with Crippen LogP contribution in [0.25, 0.3) is 0 Å². The number of anilines is 1. The zero-order chi connectivity index (χ0) is 18.0. The first-order valence-electron chi connectivity index (χ1n) is 7.71. The van der Waals surface area contributed by atoms with E-state index in [0.717, 1.165) is 5.56 Å². The standard InChI is InChI=1S/C17H17N3O5/c1-2-19(9-11-3-6-15-16(7-11)25-10-24-15)13-5-4-12(17(18)21)8-14(13)20(22)23/h3-8H,2,9-10H2,1H3,(H2,18,21). The minimum Gasteiger partial charge on any atom is -0.454 e. The molecule has 130 valence electrons. The first-order valence-corrected chi connectivity index (χ1v) is 7.71. The summed E-state index contributed by atoms with van der Waals surface area (Å²) in [4.78, 5) is 24.0. The monoisotopic (exact) mass is 343 g/mol. The molecule has 0 unspecified atom stereocenters. The highest BCUT2D eigenvalue weighted by atomic mass is 16.7. The number of primary amides is 1. The van der Waals surface area contributed by atoms with Crippen molar-refractivity contribution in [3.63, 3.8) is 0 Å². The molecule has 0 bridgehead atoms. The van der Waals surface area contributed by atoms with Gasteiger partial charge in [0.2, 0.25) is 12.7 Å². The predicted octanol–water partition coefficient (Wildman–Crippen LogP) is 2.45. The SMILES string of the molecule is CCN(Cc1ccc2c(c1)OCO2)c1ccc(C(N)=O)cc1[N+](=O)[O-]. The van der Waals surface area contributed by atoms with Crippen LogP contribution in [0.2, 0.25) is 0 Å². The molecule has 0 spiro atoms. The van der Waals surface area contributed by atoms with Gasteiger partial charge in [0, 0.05) is 24.7 Å². The van der Waals surface area contributed by atoms with E-state index >= 15 is 0 Å². The Balaban J connectivity index is 1.92. The molecule has 2 N–H and O–H groups in total. The molecule has 2 aromatic rings. The fraction of sp³-hybridized carbons (Fsp3) is 0.235. The van der Waals surface area contributed by atoms with Gasteiger partial charge in [-0.15, -0.1) is 0 Å². The molecule has 8 heteroatoms. The van der Waals surface area contributed by atoms with Crippen LogP contribution in [0.3, 0.4) is 0 Å². The van der Waals surface area contributed by atoms with E-state index in [9.17, 15) is 14.9 Å². The summed E-state index contributed by atoms with van der Waals surface area (Å²) < 4.78 is 10.7. The number of fused-ring (bicyclic) bond motifs is 1. The number of nitro benzene ring substituents is 1. The van der Waals surface area contributed by atoms with E-state index < -0.39 is 10.8 Å². The van der Waals surface area contributed by atoms with Crippen molar-refractivity contribution in [3.8, 4) is 11.5 Å². The zero-order valence-electron chi connectivity index (χ0n) is 13.6. The van der Waals surface area contributed by atoms with Crippen LogP contribution in [0.5, 0.6) is 11.5 Å². The molecule has 0 saturated heterocycles. The van der Waals surface area contributed by atoms with Gasteiger partial charge < -0.3 is 20.1 Å². The van der Waals surface area contributed by atoms with Crippen molar-refractivity contribution in [2.24, 2.45) is 5.73 Å². The number of nitrogens with zero attached hydrogens (tertiary/aromatic N) is 2. The molecule has 1 heterocycles. The van der Waals surface area contributed by atoms with Crippen LogP contribution < -0.4 is 20.1 Å². The molecular formula is C17H17N3O5. The van der Waals surface area contributed by atoms with Crippen LogP contribution >= 0.6 is 0 Å². The molecule has 2 aromatic carbocycles. The number of rotatable bonds is 6. The Bertz CT molecular complexity index is 837. The molecule has 1 aliphatic heterocycles. The average molecular weight is 343 g/mol. The molecule has 8 nitrogen and oxygen atoms in total. The third-order valence-corrected chi connectivity index (χ3v) is 3.99. The van der Waals surface area contributed by atoms with Gasteiger partial charge in [-0.05, 0) is 36.8 Å². The third kappa shape index (κ3) is 3.32. The summed E-state index contributed by atoms with van der Waals surface area (Å²) in [6, 6.07) is 9.81. The zero-order valence-corrected chi connectivity index (χ0v) is 13.6. The summed E-state index contributed by atoms with van der Waals surface area (Å²) in [5, 5.41) is 11.4. The van der Waals surface area contributed by atoms with Crippen molar-refractivity contribution in [3.05, 3.63) is 57.6 Å². The molecule has 0 aliphatic carbocycles. The van der Waals surface area contributed by atoms with Gasteiger partial charge in [0.1, 0.15) is 5.69 Å². The van der Waals surface area contributed by atoms with E-state index in [-0.39, 0.29) is 18.0 Å². The lowest BCUT2D eigenvalue weighted by atomic mass is 10.1. The van der Waals surface area contributed by atoms with Crippen LogP contribution in [0.1, 0.15) is 22.8 Å². The lowest BCUT2D eigenvalue weighted by Crippen LogP contribution is -2.23. The van der Waals surface area contributed by atoms with Crippen LogP contribution in [0, 0.1) is 10.1 Å². The summed E-state index contributed by atoms with van der Waals surface area (Å²) in [6.07, 6.45) is 0. The average Bonchev–Trinajstić information content (AvgIpc) is 3.06. The molecular weight excluding hydrogens is 326 g/mol. The summed E-state index contributed by atoms with van der Waals surface area (Å²) in [5.41, 5.74) is 6.52. The van der Waals surface area contributed by atoms with E-state index in [2.05, 4.69) is 0 Å². The second-order valence-corrected chi connectivity index (χ2v) is 5.53. The highest BCUT2D eigenvalue weighted by Gasteiger charge is 2.21. The fourth-order valence-corrected chi connectivity index (χ4v) is 2.72. The number of nitro groups is 1. The normalized spacial score (nSPS) is 12.0. The van der Waals surface area contributed by atoms with Crippen molar-refractivity contribution in [2.75, 3.05) is 18.2 Å². The van der Waals surface area contributed by atoms with Crippen LogP contribution in [0.15, 0.2) is 36.4 Å². The van der Waals surface area contributed by atoms with E-state index in [1.165, 1.54) is 12.1 Å².